The van der Waals surface area contributed by atoms with Crippen LogP contribution in [0.4, 0.5) is 0 Å². The maximum absolute atomic E-state index is 12.4. The number of ether oxygens (including phenoxy) is 1. The summed E-state index contributed by atoms with van der Waals surface area (Å²) in [5.74, 6) is 0.214. The predicted molar refractivity (Wildman–Crippen MR) is 101 cm³/mol. The number of fused-ring (bicyclic) bond motifs is 1. The second-order valence-electron chi connectivity index (χ2n) is 8.09. The highest BCUT2D eigenvalue weighted by atomic mass is 16.5. The smallest absolute Gasteiger partial charge is 0.223 e. The van der Waals surface area contributed by atoms with Gasteiger partial charge in [0.05, 0.1) is 18.8 Å². The molecule has 3 aliphatic rings. The zero-order chi connectivity index (χ0) is 18.8. The van der Waals surface area contributed by atoms with E-state index < -0.39 is 12.2 Å². The average Bonchev–Trinajstić information content (AvgIpc) is 3.34. The van der Waals surface area contributed by atoms with Crippen molar-refractivity contribution in [1.29, 1.82) is 0 Å². The molecule has 1 saturated carbocycles. The fourth-order valence-electron chi connectivity index (χ4n) is 4.90. The van der Waals surface area contributed by atoms with Crippen LogP contribution in [0.15, 0.2) is 24.3 Å². The molecule has 1 aromatic rings. The van der Waals surface area contributed by atoms with Gasteiger partial charge in [-0.1, -0.05) is 37.1 Å². The minimum Gasteiger partial charge on any atom is -0.394 e. The molecule has 0 radical (unpaired) electrons. The number of carbonyl (C=O) groups is 1. The van der Waals surface area contributed by atoms with Gasteiger partial charge >= 0.3 is 0 Å². The summed E-state index contributed by atoms with van der Waals surface area (Å²) in [6, 6.07) is 8.17. The van der Waals surface area contributed by atoms with Gasteiger partial charge in [-0.05, 0) is 30.4 Å². The van der Waals surface area contributed by atoms with Crippen LogP contribution in [-0.2, 0) is 22.5 Å². The Labute approximate surface area is 160 Å². The normalized spacial score (nSPS) is 31.8. The Bertz CT molecular complexity index is 661. The lowest BCUT2D eigenvalue weighted by Crippen LogP contribution is -2.52. The van der Waals surface area contributed by atoms with Crippen molar-refractivity contribution in [3.63, 3.8) is 0 Å². The summed E-state index contributed by atoms with van der Waals surface area (Å²) in [6.07, 6.45) is 3.45. The summed E-state index contributed by atoms with van der Waals surface area (Å²) in [5.41, 5.74) is 2.63. The van der Waals surface area contributed by atoms with Crippen molar-refractivity contribution >= 4 is 5.91 Å². The van der Waals surface area contributed by atoms with E-state index in [9.17, 15) is 15.0 Å². The minimum absolute atomic E-state index is 0.0979. The van der Waals surface area contributed by atoms with Gasteiger partial charge in [-0.15, -0.1) is 0 Å². The highest BCUT2D eigenvalue weighted by molar-refractivity contribution is 5.78. The van der Waals surface area contributed by atoms with Crippen LogP contribution >= 0.6 is 0 Å². The van der Waals surface area contributed by atoms with E-state index in [1.165, 1.54) is 11.1 Å². The van der Waals surface area contributed by atoms with Crippen LogP contribution in [0.5, 0.6) is 0 Å². The number of rotatable bonds is 5. The van der Waals surface area contributed by atoms with E-state index in [4.69, 9.17) is 4.74 Å². The third-order valence-electron chi connectivity index (χ3n) is 6.43. The van der Waals surface area contributed by atoms with Gasteiger partial charge in [-0.25, -0.2) is 0 Å². The van der Waals surface area contributed by atoms with E-state index in [1.54, 1.807) is 0 Å². The van der Waals surface area contributed by atoms with Crippen LogP contribution in [0, 0.1) is 5.92 Å². The van der Waals surface area contributed by atoms with Crippen LogP contribution in [0.25, 0.3) is 0 Å². The zero-order valence-electron chi connectivity index (χ0n) is 15.7. The fourth-order valence-corrected chi connectivity index (χ4v) is 4.90. The SMILES string of the molecule is O=C(NC[C@H]1O[C@@H](CO)[C@@H](O)[C@H]1N1CCc2ccccc2C1)C1CCCC1. The van der Waals surface area contributed by atoms with Crippen LogP contribution in [0.1, 0.15) is 36.8 Å². The van der Waals surface area contributed by atoms with Crippen molar-refractivity contribution in [2.45, 2.75) is 63.0 Å². The van der Waals surface area contributed by atoms with Crippen molar-refractivity contribution in [2.75, 3.05) is 19.7 Å². The summed E-state index contributed by atoms with van der Waals surface area (Å²) in [5, 5.41) is 23.4. The number of amides is 1. The molecule has 6 heteroatoms. The summed E-state index contributed by atoms with van der Waals surface area (Å²) in [4.78, 5) is 14.6. The molecule has 4 rings (SSSR count). The second kappa shape index (κ2) is 8.27. The Morgan fingerprint density at radius 3 is 2.67 bits per heavy atom. The van der Waals surface area contributed by atoms with Crippen molar-refractivity contribution in [1.82, 2.24) is 10.2 Å². The van der Waals surface area contributed by atoms with Crippen LogP contribution < -0.4 is 5.32 Å². The third kappa shape index (κ3) is 3.90. The molecule has 6 nitrogen and oxygen atoms in total. The van der Waals surface area contributed by atoms with Gasteiger partial charge in [0.15, 0.2) is 0 Å². The summed E-state index contributed by atoms with van der Waals surface area (Å²) < 4.78 is 5.93. The molecule has 148 valence electrons. The number of hydrogen-bond acceptors (Lipinski definition) is 5. The van der Waals surface area contributed by atoms with E-state index in [2.05, 4.69) is 28.4 Å². The Morgan fingerprint density at radius 1 is 1.19 bits per heavy atom. The van der Waals surface area contributed by atoms with Gasteiger partial charge in [0.25, 0.3) is 0 Å². The number of nitrogens with one attached hydrogen (secondary N) is 1. The molecule has 1 aromatic carbocycles. The van der Waals surface area contributed by atoms with E-state index in [1.807, 2.05) is 6.07 Å². The monoisotopic (exact) mass is 374 g/mol. The Hall–Kier alpha value is -1.47. The number of benzene rings is 1. The highest BCUT2D eigenvalue weighted by Crippen LogP contribution is 2.30. The third-order valence-corrected chi connectivity index (χ3v) is 6.43. The first-order valence-electron chi connectivity index (χ1n) is 10.2. The zero-order valence-corrected chi connectivity index (χ0v) is 15.7. The first-order valence-corrected chi connectivity index (χ1v) is 10.2. The lowest BCUT2D eigenvalue weighted by atomic mass is 9.95. The standard InChI is InChI=1S/C21H30N2O4/c24-13-18-20(25)19(23-10-9-14-5-1-4-8-16(14)12-23)17(27-18)11-22-21(26)15-6-2-3-7-15/h1,4-5,8,15,17-20,24-25H,2-3,6-7,9-13H2,(H,22,26)/t17-,18+,19+,20-/m1/s1. The van der Waals surface area contributed by atoms with Crippen molar-refractivity contribution in [2.24, 2.45) is 5.92 Å². The molecule has 1 saturated heterocycles. The van der Waals surface area contributed by atoms with Gasteiger partial charge in [0.1, 0.15) is 12.2 Å². The highest BCUT2D eigenvalue weighted by Gasteiger charge is 2.46. The maximum atomic E-state index is 12.4. The molecule has 2 aliphatic heterocycles. The molecule has 1 aliphatic carbocycles. The van der Waals surface area contributed by atoms with Crippen molar-refractivity contribution in [3.05, 3.63) is 35.4 Å². The first kappa shape index (κ1) is 18.9. The predicted octanol–water partition coefficient (Wildman–Crippen LogP) is 0.840. The molecule has 2 fully saturated rings. The van der Waals surface area contributed by atoms with E-state index >= 15 is 0 Å². The molecule has 1 amide bonds. The van der Waals surface area contributed by atoms with Crippen LogP contribution in [-0.4, -0.2) is 65.1 Å². The molecule has 0 aromatic heterocycles. The lowest BCUT2D eigenvalue weighted by molar-refractivity contribution is -0.125. The van der Waals surface area contributed by atoms with Crippen molar-refractivity contribution in [3.8, 4) is 0 Å². The number of carbonyl (C=O) groups excluding carboxylic acids is 1. The molecule has 0 unspecified atom stereocenters. The van der Waals surface area contributed by atoms with E-state index in [-0.39, 0.29) is 30.6 Å². The van der Waals surface area contributed by atoms with E-state index in [0.29, 0.717) is 6.54 Å². The van der Waals surface area contributed by atoms with Crippen LogP contribution in [0.3, 0.4) is 0 Å². The number of nitrogens with zero attached hydrogens (tertiary/aromatic N) is 1. The molecule has 2 heterocycles. The fraction of sp³-hybridized carbons (Fsp3) is 0.667. The molecular weight excluding hydrogens is 344 g/mol. The topological polar surface area (TPSA) is 82.0 Å². The quantitative estimate of drug-likeness (QED) is 0.712. The number of aliphatic hydroxyl groups is 2. The van der Waals surface area contributed by atoms with Gasteiger partial charge in [0.2, 0.25) is 5.91 Å². The molecule has 4 atom stereocenters. The van der Waals surface area contributed by atoms with Gasteiger partial charge < -0.3 is 20.3 Å². The van der Waals surface area contributed by atoms with Gasteiger partial charge in [-0.2, -0.15) is 0 Å². The van der Waals surface area contributed by atoms with Gasteiger partial charge in [-0.3, -0.25) is 9.69 Å². The molecule has 3 N–H and O–H groups in total. The molecule has 27 heavy (non-hydrogen) atoms. The lowest BCUT2D eigenvalue weighted by Gasteiger charge is -2.37. The summed E-state index contributed by atoms with van der Waals surface area (Å²) in [7, 11) is 0. The van der Waals surface area contributed by atoms with E-state index in [0.717, 1.165) is 45.2 Å². The Morgan fingerprint density at radius 2 is 1.93 bits per heavy atom. The largest absolute Gasteiger partial charge is 0.394 e. The summed E-state index contributed by atoms with van der Waals surface area (Å²) >= 11 is 0. The molecule has 0 spiro atoms. The van der Waals surface area contributed by atoms with Gasteiger partial charge in [0, 0.05) is 25.6 Å². The number of aliphatic hydroxyl groups excluding tert-OH is 2. The average molecular weight is 374 g/mol. The molecule has 0 bridgehead atoms. The van der Waals surface area contributed by atoms with Crippen LogP contribution in [0.2, 0.25) is 0 Å². The number of hydrogen-bond donors (Lipinski definition) is 3. The Balaban J connectivity index is 1.44. The first-order chi connectivity index (χ1) is 13.2. The molecular formula is C21H30N2O4. The maximum Gasteiger partial charge on any atom is 0.223 e. The Kier molecular flexibility index (Phi) is 5.78. The second-order valence-corrected chi connectivity index (χ2v) is 8.09. The summed E-state index contributed by atoms with van der Waals surface area (Å²) in [6.45, 7) is 1.76. The minimum atomic E-state index is -0.756. The van der Waals surface area contributed by atoms with Crippen molar-refractivity contribution < 1.29 is 19.7 Å².